The Bertz CT molecular complexity index is 431. The molecule has 2 rings (SSSR count). The second-order valence-corrected chi connectivity index (χ2v) is 6.61. The Morgan fingerprint density at radius 2 is 2.10 bits per heavy atom. The van der Waals surface area contributed by atoms with Crippen LogP contribution in [0.5, 0.6) is 5.75 Å². The predicted octanol–water partition coefficient (Wildman–Crippen LogP) is 3.24. The number of benzene rings is 1. The summed E-state index contributed by atoms with van der Waals surface area (Å²) in [6.45, 7) is 7.56. The molecule has 20 heavy (non-hydrogen) atoms. The highest BCUT2D eigenvalue weighted by atomic mass is 16.5. The molecule has 1 heterocycles. The summed E-state index contributed by atoms with van der Waals surface area (Å²) in [5.74, 6) is 0.804. The largest absolute Gasteiger partial charge is 0.497 e. The third-order valence-electron chi connectivity index (χ3n) is 4.34. The number of likely N-dealkylation sites (tertiary alicyclic amines) is 1. The number of rotatable bonds is 4. The summed E-state index contributed by atoms with van der Waals surface area (Å²) in [4.78, 5) is 2.39. The lowest BCUT2D eigenvalue weighted by Crippen LogP contribution is -2.30. The number of hydrogen-bond acceptors (Lipinski definition) is 3. The Morgan fingerprint density at radius 3 is 2.85 bits per heavy atom. The van der Waals surface area contributed by atoms with Crippen LogP contribution in [0.15, 0.2) is 24.3 Å². The number of aliphatic hydroxyl groups is 1. The predicted molar refractivity (Wildman–Crippen MR) is 82.0 cm³/mol. The zero-order valence-electron chi connectivity index (χ0n) is 12.9. The van der Waals surface area contributed by atoms with E-state index in [1.807, 2.05) is 24.3 Å². The van der Waals surface area contributed by atoms with Gasteiger partial charge in [0.25, 0.3) is 0 Å². The summed E-state index contributed by atoms with van der Waals surface area (Å²) in [5, 5.41) is 10.4. The van der Waals surface area contributed by atoms with Crippen LogP contribution in [0.1, 0.15) is 44.8 Å². The average Bonchev–Trinajstić information content (AvgIpc) is 2.60. The summed E-state index contributed by atoms with van der Waals surface area (Å²) in [7, 11) is 1.66. The third-order valence-corrected chi connectivity index (χ3v) is 4.34. The van der Waals surface area contributed by atoms with Crippen LogP contribution in [-0.2, 0) is 0 Å². The fourth-order valence-electron chi connectivity index (χ4n) is 2.86. The molecule has 1 unspecified atom stereocenters. The van der Waals surface area contributed by atoms with Gasteiger partial charge in [-0.3, -0.25) is 0 Å². The first kappa shape index (κ1) is 15.3. The van der Waals surface area contributed by atoms with Gasteiger partial charge in [0.15, 0.2) is 0 Å². The highest BCUT2D eigenvalue weighted by Gasteiger charge is 2.24. The first-order valence-electron chi connectivity index (χ1n) is 7.54. The van der Waals surface area contributed by atoms with E-state index in [9.17, 15) is 5.11 Å². The molecule has 0 amide bonds. The van der Waals surface area contributed by atoms with E-state index in [4.69, 9.17) is 4.74 Å². The fourth-order valence-corrected chi connectivity index (χ4v) is 2.86. The molecule has 0 saturated carbocycles. The van der Waals surface area contributed by atoms with Crippen molar-refractivity contribution in [2.45, 2.75) is 39.2 Å². The Kier molecular flexibility index (Phi) is 5.06. The molecule has 1 fully saturated rings. The van der Waals surface area contributed by atoms with Crippen LogP contribution in [0.4, 0.5) is 0 Å². The molecule has 3 nitrogen and oxygen atoms in total. The highest BCUT2D eigenvalue weighted by molar-refractivity contribution is 5.29. The molecule has 3 heteroatoms. The first-order chi connectivity index (χ1) is 9.50. The van der Waals surface area contributed by atoms with Gasteiger partial charge in [-0.25, -0.2) is 0 Å². The molecule has 1 aromatic carbocycles. The van der Waals surface area contributed by atoms with Gasteiger partial charge in [-0.05, 0) is 55.5 Å². The maximum atomic E-state index is 10.4. The number of hydrogen-bond donors (Lipinski definition) is 1. The minimum absolute atomic E-state index is 0.439. The zero-order valence-corrected chi connectivity index (χ0v) is 12.9. The van der Waals surface area contributed by atoms with Crippen LogP contribution in [0.25, 0.3) is 0 Å². The molecular formula is C17H27NO2. The van der Waals surface area contributed by atoms with Crippen LogP contribution in [0, 0.1) is 5.41 Å². The van der Waals surface area contributed by atoms with Gasteiger partial charge in [0, 0.05) is 6.54 Å². The minimum Gasteiger partial charge on any atom is -0.497 e. The Hall–Kier alpha value is -1.06. The average molecular weight is 277 g/mol. The van der Waals surface area contributed by atoms with Gasteiger partial charge in [-0.2, -0.15) is 0 Å². The van der Waals surface area contributed by atoms with E-state index in [-0.39, 0.29) is 0 Å². The first-order valence-corrected chi connectivity index (χ1v) is 7.54. The van der Waals surface area contributed by atoms with Crippen molar-refractivity contribution in [3.05, 3.63) is 29.8 Å². The molecule has 1 saturated heterocycles. The highest BCUT2D eigenvalue weighted by Crippen LogP contribution is 2.30. The normalized spacial score (nSPS) is 21.2. The smallest absolute Gasteiger partial charge is 0.119 e. The lowest BCUT2D eigenvalue weighted by atomic mass is 9.85. The van der Waals surface area contributed by atoms with Gasteiger partial charge < -0.3 is 14.7 Å². The van der Waals surface area contributed by atoms with Crippen molar-refractivity contribution < 1.29 is 9.84 Å². The van der Waals surface area contributed by atoms with E-state index >= 15 is 0 Å². The van der Waals surface area contributed by atoms with E-state index in [1.54, 1.807) is 7.11 Å². The van der Waals surface area contributed by atoms with Crippen LogP contribution in [-0.4, -0.2) is 36.8 Å². The number of methoxy groups -OCH3 is 1. The molecule has 1 N–H and O–H groups in total. The number of ether oxygens (including phenoxy) is 1. The molecule has 1 aromatic rings. The van der Waals surface area contributed by atoms with E-state index in [1.165, 1.54) is 19.3 Å². The van der Waals surface area contributed by atoms with Crippen LogP contribution >= 0.6 is 0 Å². The summed E-state index contributed by atoms with van der Waals surface area (Å²) < 4.78 is 5.22. The van der Waals surface area contributed by atoms with Gasteiger partial charge in [0.05, 0.1) is 13.2 Å². The third kappa shape index (κ3) is 4.22. The Labute approximate surface area is 122 Å². The van der Waals surface area contributed by atoms with Gasteiger partial charge in [-0.1, -0.05) is 26.0 Å². The van der Waals surface area contributed by atoms with Crippen molar-refractivity contribution >= 4 is 0 Å². The topological polar surface area (TPSA) is 32.7 Å². The molecule has 0 aliphatic carbocycles. The Morgan fingerprint density at radius 1 is 1.30 bits per heavy atom. The lowest BCUT2D eigenvalue weighted by Gasteiger charge is -2.25. The molecule has 0 spiro atoms. The molecule has 0 aromatic heterocycles. The van der Waals surface area contributed by atoms with Crippen LogP contribution < -0.4 is 4.74 Å². The summed E-state index contributed by atoms with van der Waals surface area (Å²) in [5.41, 5.74) is 1.38. The second kappa shape index (κ2) is 6.59. The van der Waals surface area contributed by atoms with Crippen LogP contribution in [0.2, 0.25) is 0 Å². The molecule has 1 aliphatic heterocycles. The summed E-state index contributed by atoms with van der Waals surface area (Å²) in [6.07, 6.45) is 3.26. The Balaban J connectivity index is 1.95. The fraction of sp³-hybridized carbons (Fsp3) is 0.647. The second-order valence-electron chi connectivity index (χ2n) is 6.61. The molecule has 1 aliphatic rings. The molecule has 1 atom stereocenters. The van der Waals surface area contributed by atoms with Crippen molar-refractivity contribution in [2.75, 3.05) is 26.7 Å². The SMILES string of the molecule is COc1cccc(C(O)CN2CCCC(C)(C)CC2)c1. The maximum absolute atomic E-state index is 10.4. The van der Waals surface area contributed by atoms with Gasteiger partial charge in [0.2, 0.25) is 0 Å². The van der Waals surface area contributed by atoms with E-state index < -0.39 is 6.10 Å². The molecule has 0 bridgehead atoms. The van der Waals surface area contributed by atoms with Crippen molar-refractivity contribution in [3.8, 4) is 5.75 Å². The van der Waals surface area contributed by atoms with Crippen LogP contribution in [0.3, 0.4) is 0 Å². The number of aliphatic hydroxyl groups excluding tert-OH is 1. The van der Waals surface area contributed by atoms with Crippen molar-refractivity contribution in [1.29, 1.82) is 0 Å². The quantitative estimate of drug-likeness (QED) is 0.917. The molecular weight excluding hydrogens is 250 g/mol. The summed E-state index contributed by atoms with van der Waals surface area (Å²) in [6, 6.07) is 7.73. The summed E-state index contributed by atoms with van der Waals surface area (Å²) >= 11 is 0. The van der Waals surface area contributed by atoms with E-state index in [0.29, 0.717) is 12.0 Å². The van der Waals surface area contributed by atoms with Gasteiger partial charge >= 0.3 is 0 Å². The maximum Gasteiger partial charge on any atom is 0.119 e. The van der Waals surface area contributed by atoms with E-state index in [2.05, 4.69) is 18.7 Å². The van der Waals surface area contributed by atoms with Gasteiger partial charge in [0.1, 0.15) is 5.75 Å². The minimum atomic E-state index is -0.439. The number of β-amino-alcohol motifs (C(OH)–C–C–N with tert-alkyl or cyclic N) is 1. The van der Waals surface area contributed by atoms with E-state index in [0.717, 1.165) is 24.4 Å². The monoisotopic (exact) mass is 277 g/mol. The number of nitrogens with zero attached hydrogens (tertiary/aromatic N) is 1. The lowest BCUT2D eigenvalue weighted by molar-refractivity contribution is 0.113. The van der Waals surface area contributed by atoms with Crippen molar-refractivity contribution in [3.63, 3.8) is 0 Å². The zero-order chi connectivity index (χ0) is 14.6. The van der Waals surface area contributed by atoms with Crippen molar-refractivity contribution in [2.24, 2.45) is 5.41 Å². The molecule has 0 radical (unpaired) electrons. The standard InChI is InChI=1S/C17H27NO2/c1-17(2)8-5-10-18(11-9-17)13-16(19)14-6-4-7-15(12-14)20-3/h4,6-7,12,16,19H,5,8-11,13H2,1-3H3. The van der Waals surface area contributed by atoms with Gasteiger partial charge in [-0.15, -0.1) is 0 Å². The molecule has 112 valence electrons. The van der Waals surface area contributed by atoms with Crippen molar-refractivity contribution in [1.82, 2.24) is 4.90 Å².